The van der Waals surface area contributed by atoms with Crippen LogP contribution >= 0.6 is 11.3 Å². The highest BCUT2D eigenvalue weighted by atomic mass is 32.1. The van der Waals surface area contributed by atoms with Crippen molar-refractivity contribution >= 4 is 29.1 Å². The molecule has 45 heavy (non-hydrogen) atoms. The number of halogens is 1. The Morgan fingerprint density at radius 2 is 1.89 bits per heavy atom. The number of β-amino-alcohol motifs (C(OH)–C–C–N with tert-alkyl or cyclic N) is 1. The number of carbonyl (C=O) groups is 3. The number of benzene rings is 1. The third kappa shape index (κ3) is 8.57. The molecule has 0 spiro atoms. The smallest absolute Gasteiger partial charge is 0.258 e. The van der Waals surface area contributed by atoms with Crippen molar-refractivity contribution < 1.29 is 38.1 Å². The fourth-order valence-electron chi connectivity index (χ4n) is 5.25. The molecule has 2 heterocycles. The summed E-state index contributed by atoms with van der Waals surface area (Å²) in [7, 11) is 0. The first kappa shape index (κ1) is 34.7. The van der Waals surface area contributed by atoms with Crippen molar-refractivity contribution in [3.63, 3.8) is 0 Å². The number of likely N-dealkylation sites (tertiary alicyclic amines) is 1. The van der Waals surface area contributed by atoms with Crippen LogP contribution in [0.3, 0.4) is 0 Å². The molecule has 3 atom stereocenters. The summed E-state index contributed by atoms with van der Waals surface area (Å²) in [5, 5.41) is 16.0. The highest BCUT2D eigenvalue weighted by Crippen LogP contribution is 2.40. The Morgan fingerprint density at radius 1 is 1.20 bits per heavy atom. The molecular formula is C32H45FN4O7S. The number of amides is 3. The Kier molecular flexibility index (Phi) is 11.2. The number of thiazole rings is 1. The van der Waals surface area contributed by atoms with Crippen LogP contribution in [0.15, 0.2) is 23.7 Å². The van der Waals surface area contributed by atoms with E-state index >= 15 is 0 Å². The molecule has 4 rings (SSSR count). The fraction of sp³-hybridized carbons (Fsp3) is 0.625. The van der Waals surface area contributed by atoms with Gasteiger partial charge in [0.1, 0.15) is 24.4 Å². The third-order valence-corrected chi connectivity index (χ3v) is 8.93. The van der Waals surface area contributed by atoms with E-state index in [-0.39, 0.29) is 39.0 Å². The number of aliphatic hydroxyl groups is 1. The van der Waals surface area contributed by atoms with Gasteiger partial charge in [-0.2, -0.15) is 0 Å². The van der Waals surface area contributed by atoms with Crippen LogP contribution in [0.25, 0.3) is 10.4 Å². The van der Waals surface area contributed by atoms with Crippen molar-refractivity contribution in [2.75, 3.05) is 26.4 Å². The number of nitrogens with zero attached hydrogens (tertiary/aromatic N) is 2. The second-order valence-electron chi connectivity index (χ2n) is 12.6. The van der Waals surface area contributed by atoms with Crippen LogP contribution in [-0.2, 0) is 30.4 Å². The zero-order valence-electron chi connectivity index (χ0n) is 26.9. The van der Waals surface area contributed by atoms with Gasteiger partial charge in [0.15, 0.2) is 12.0 Å². The van der Waals surface area contributed by atoms with Gasteiger partial charge in [0.2, 0.25) is 11.8 Å². The van der Waals surface area contributed by atoms with Crippen molar-refractivity contribution in [2.24, 2.45) is 5.41 Å². The maximum atomic E-state index is 14.5. The monoisotopic (exact) mass is 648 g/mol. The largest absolute Gasteiger partial charge is 0.488 e. The molecule has 11 nitrogen and oxygen atoms in total. The SMILES string of the molecule is CCOC(COc1cc(-c2scnc2C)ccc1CNC(=O)C1CC(O)CN1C(=O)[C@@H](NC(=O)C1(F)CC1)C(C)(C)C)OCC. The van der Waals surface area contributed by atoms with Gasteiger partial charge in [-0.3, -0.25) is 14.4 Å². The first-order valence-corrected chi connectivity index (χ1v) is 16.3. The Labute approximate surface area is 267 Å². The average molecular weight is 649 g/mol. The van der Waals surface area contributed by atoms with Gasteiger partial charge in [-0.1, -0.05) is 32.9 Å². The molecule has 0 bridgehead atoms. The Balaban J connectivity index is 1.51. The van der Waals surface area contributed by atoms with E-state index < -0.39 is 53.3 Å². The molecular weight excluding hydrogens is 603 g/mol. The number of aromatic nitrogens is 1. The average Bonchev–Trinajstić information content (AvgIpc) is 3.39. The van der Waals surface area contributed by atoms with E-state index in [9.17, 15) is 23.9 Å². The molecule has 248 valence electrons. The van der Waals surface area contributed by atoms with E-state index in [4.69, 9.17) is 14.2 Å². The quantitative estimate of drug-likeness (QED) is 0.265. The standard InChI is InChI=1S/C32H45FN4O7S/c1-7-42-25(43-8-2)17-44-24-13-20(26-19(3)35-18-45-26)9-10-21(24)15-34-28(39)23-14-22(38)16-37(23)29(40)27(31(4,5)6)36-30(41)32(33)11-12-32/h9-10,13,18,22-23,25,27,38H,7-8,11-12,14-17H2,1-6H3,(H,34,39)(H,36,41)/t22?,23?,27-/m1/s1. The molecule has 3 amide bonds. The lowest BCUT2D eigenvalue weighted by Gasteiger charge is -2.35. The molecule has 1 aliphatic carbocycles. The van der Waals surface area contributed by atoms with E-state index in [0.717, 1.165) is 16.1 Å². The lowest BCUT2D eigenvalue weighted by molar-refractivity contribution is -0.152. The van der Waals surface area contributed by atoms with Crippen LogP contribution < -0.4 is 15.4 Å². The number of rotatable bonds is 14. The second kappa shape index (κ2) is 14.5. The lowest BCUT2D eigenvalue weighted by atomic mass is 9.85. The number of aliphatic hydroxyl groups excluding tert-OH is 1. The number of carbonyl (C=O) groups excluding carboxylic acids is 3. The zero-order valence-corrected chi connectivity index (χ0v) is 27.7. The topological polar surface area (TPSA) is 139 Å². The van der Waals surface area contributed by atoms with E-state index in [2.05, 4.69) is 15.6 Å². The number of alkyl halides is 1. The summed E-state index contributed by atoms with van der Waals surface area (Å²) in [4.78, 5) is 46.5. The maximum absolute atomic E-state index is 14.5. The van der Waals surface area contributed by atoms with Gasteiger partial charge in [-0.05, 0) is 50.7 Å². The van der Waals surface area contributed by atoms with Crippen LogP contribution in [-0.4, -0.2) is 89.2 Å². The molecule has 2 fully saturated rings. The van der Waals surface area contributed by atoms with Crippen LogP contribution in [0.2, 0.25) is 0 Å². The van der Waals surface area contributed by atoms with E-state index in [0.29, 0.717) is 24.5 Å². The number of hydrogen-bond donors (Lipinski definition) is 3. The summed E-state index contributed by atoms with van der Waals surface area (Å²) in [6.45, 7) is 12.0. The molecule has 1 aliphatic heterocycles. The van der Waals surface area contributed by atoms with Gasteiger partial charge in [-0.15, -0.1) is 11.3 Å². The Hall–Kier alpha value is -3.13. The predicted octanol–water partition coefficient (Wildman–Crippen LogP) is 3.51. The predicted molar refractivity (Wildman–Crippen MR) is 167 cm³/mol. The number of aryl methyl sites for hydroxylation is 1. The van der Waals surface area contributed by atoms with Crippen molar-refractivity contribution in [1.82, 2.24) is 20.5 Å². The normalized spacial score (nSPS) is 19.8. The fourth-order valence-corrected chi connectivity index (χ4v) is 6.05. The van der Waals surface area contributed by atoms with Crippen LogP contribution in [0.1, 0.15) is 65.1 Å². The van der Waals surface area contributed by atoms with Crippen LogP contribution in [0.4, 0.5) is 4.39 Å². The van der Waals surface area contributed by atoms with Gasteiger partial charge in [-0.25, -0.2) is 9.37 Å². The van der Waals surface area contributed by atoms with Crippen molar-refractivity contribution in [1.29, 1.82) is 0 Å². The molecule has 2 unspecified atom stereocenters. The summed E-state index contributed by atoms with van der Waals surface area (Å²) in [5.41, 5.74) is 1.55. The third-order valence-electron chi connectivity index (χ3n) is 7.96. The Bertz CT molecular complexity index is 1350. The van der Waals surface area contributed by atoms with Gasteiger partial charge in [0.25, 0.3) is 5.91 Å². The minimum atomic E-state index is -1.95. The first-order chi connectivity index (χ1) is 21.3. The Morgan fingerprint density at radius 3 is 2.47 bits per heavy atom. The van der Waals surface area contributed by atoms with Crippen molar-refractivity contribution in [3.05, 3.63) is 35.0 Å². The lowest BCUT2D eigenvalue weighted by Crippen LogP contribution is -2.59. The summed E-state index contributed by atoms with van der Waals surface area (Å²) >= 11 is 1.51. The second-order valence-corrected chi connectivity index (χ2v) is 13.4. The van der Waals surface area contributed by atoms with Crippen molar-refractivity contribution in [2.45, 2.75) is 97.5 Å². The number of nitrogens with one attached hydrogen (secondary N) is 2. The summed E-state index contributed by atoms with van der Waals surface area (Å²) in [6.07, 6.45) is -1.23. The molecule has 1 saturated carbocycles. The number of ether oxygens (including phenoxy) is 3. The molecule has 2 aliphatic rings. The first-order valence-electron chi connectivity index (χ1n) is 15.4. The summed E-state index contributed by atoms with van der Waals surface area (Å²) in [6, 6.07) is 3.63. The van der Waals surface area contributed by atoms with E-state index in [1.165, 1.54) is 16.2 Å². The van der Waals surface area contributed by atoms with Gasteiger partial charge < -0.3 is 34.9 Å². The van der Waals surface area contributed by atoms with Crippen LogP contribution in [0.5, 0.6) is 5.75 Å². The maximum Gasteiger partial charge on any atom is 0.258 e. The summed E-state index contributed by atoms with van der Waals surface area (Å²) in [5.74, 6) is -1.29. The molecule has 13 heteroatoms. The minimum absolute atomic E-state index is 0.0345. The molecule has 0 radical (unpaired) electrons. The molecule has 3 N–H and O–H groups in total. The molecule has 1 aromatic carbocycles. The van der Waals surface area contributed by atoms with Gasteiger partial charge in [0, 0.05) is 38.3 Å². The van der Waals surface area contributed by atoms with Crippen LogP contribution in [0, 0.1) is 12.3 Å². The van der Waals surface area contributed by atoms with Crippen molar-refractivity contribution in [3.8, 4) is 16.2 Å². The zero-order chi connectivity index (χ0) is 32.9. The van der Waals surface area contributed by atoms with E-state index in [1.54, 1.807) is 26.3 Å². The molecule has 1 aromatic heterocycles. The highest BCUT2D eigenvalue weighted by molar-refractivity contribution is 7.13. The summed E-state index contributed by atoms with van der Waals surface area (Å²) < 4.78 is 31.9. The van der Waals surface area contributed by atoms with E-state index in [1.807, 2.05) is 39.0 Å². The molecule has 1 saturated heterocycles. The highest BCUT2D eigenvalue weighted by Gasteiger charge is 2.53. The minimum Gasteiger partial charge on any atom is -0.488 e. The molecule has 2 aromatic rings. The van der Waals surface area contributed by atoms with Gasteiger partial charge in [0.05, 0.1) is 22.2 Å². The number of hydrogen-bond acceptors (Lipinski definition) is 9. The van der Waals surface area contributed by atoms with Gasteiger partial charge >= 0.3 is 0 Å².